The Kier molecular flexibility index (Phi) is 8.94. The number of rotatable bonds is 10. The van der Waals surface area contributed by atoms with Gasteiger partial charge in [0.05, 0.1) is 13.2 Å². The highest BCUT2D eigenvalue weighted by atomic mass is 16.5. The van der Waals surface area contributed by atoms with Gasteiger partial charge in [-0.15, -0.1) is 0 Å². The zero-order valence-corrected chi connectivity index (χ0v) is 18.0. The van der Waals surface area contributed by atoms with Crippen LogP contribution in [0.4, 0.5) is 0 Å². The van der Waals surface area contributed by atoms with Crippen molar-refractivity contribution in [2.24, 2.45) is 0 Å². The van der Waals surface area contributed by atoms with Gasteiger partial charge in [0, 0.05) is 12.6 Å². The average molecular weight is 411 g/mol. The fourth-order valence-corrected chi connectivity index (χ4v) is 2.70. The SMILES string of the molecule is COc1ccc(/C=C/C(=O)NC(C)C(=O)NCCc2ccc(OC(C)C)cc2)cc1. The van der Waals surface area contributed by atoms with Crippen molar-refractivity contribution >= 4 is 17.9 Å². The third kappa shape index (κ3) is 7.99. The van der Waals surface area contributed by atoms with Gasteiger partial charge in [0.25, 0.3) is 0 Å². The van der Waals surface area contributed by atoms with Gasteiger partial charge in [-0.3, -0.25) is 9.59 Å². The number of benzene rings is 2. The molecule has 0 heterocycles. The van der Waals surface area contributed by atoms with Gasteiger partial charge in [-0.1, -0.05) is 24.3 Å². The monoisotopic (exact) mass is 410 g/mol. The van der Waals surface area contributed by atoms with Crippen LogP contribution in [-0.2, 0) is 16.0 Å². The standard InChI is InChI=1S/C24H30N2O4/c1-17(2)30-22-12-7-20(8-13-22)15-16-25-24(28)18(3)26-23(27)14-9-19-5-10-21(29-4)11-6-19/h5-14,17-18H,15-16H2,1-4H3,(H,25,28)(H,26,27)/b14-9+. The highest BCUT2D eigenvalue weighted by Crippen LogP contribution is 2.14. The molecule has 0 saturated heterocycles. The Balaban J connectivity index is 1.73. The van der Waals surface area contributed by atoms with E-state index < -0.39 is 6.04 Å². The molecule has 0 saturated carbocycles. The number of hydrogen-bond donors (Lipinski definition) is 2. The number of nitrogens with one attached hydrogen (secondary N) is 2. The molecule has 0 aliphatic carbocycles. The Morgan fingerprint density at radius 3 is 2.20 bits per heavy atom. The summed E-state index contributed by atoms with van der Waals surface area (Å²) in [7, 11) is 1.60. The Bertz CT molecular complexity index is 843. The first-order valence-corrected chi connectivity index (χ1v) is 10.0. The van der Waals surface area contributed by atoms with Gasteiger partial charge in [-0.05, 0) is 68.7 Å². The molecule has 0 bridgehead atoms. The van der Waals surface area contributed by atoms with Crippen LogP contribution in [0.15, 0.2) is 54.6 Å². The molecule has 1 atom stereocenters. The van der Waals surface area contributed by atoms with E-state index in [9.17, 15) is 9.59 Å². The third-order valence-electron chi connectivity index (χ3n) is 4.30. The lowest BCUT2D eigenvalue weighted by atomic mass is 10.1. The van der Waals surface area contributed by atoms with E-state index >= 15 is 0 Å². The summed E-state index contributed by atoms with van der Waals surface area (Å²) in [6.07, 6.45) is 3.93. The summed E-state index contributed by atoms with van der Waals surface area (Å²) in [6.45, 7) is 6.12. The van der Waals surface area contributed by atoms with E-state index in [1.165, 1.54) is 6.08 Å². The maximum Gasteiger partial charge on any atom is 0.244 e. The number of carbonyl (C=O) groups excluding carboxylic acids is 2. The van der Waals surface area contributed by atoms with Crippen molar-refractivity contribution in [3.8, 4) is 11.5 Å². The maximum absolute atomic E-state index is 12.2. The summed E-state index contributed by atoms with van der Waals surface area (Å²) in [4.78, 5) is 24.2. The lowest BCUT2D eigenvalue weighted by molar-refractivity contribution is -0.126. The molecule has 2 aromatic carbocycles. The van der Waals surface area contributed by atoms with E-state index in [0.29, 0.717) is 13.0 Å². The molecule has 160 valence electrons. The van der Waals surface area contributed by atoms with E-state index in [1.54, 1.807) is 20.1 Å². The van der Waals surface area contributed by atoms with Gasteiger partial charge in [0.2, 0.25) is 11.8 Å². The molecule has 0 aromatic heterocycles. The van der Waals surface area contributed by atoms with Crippen molar-refractivity contribution in [3.63, 3.8) is 0 Å². The number of methoxy groups -OCH3 is 1. The van der Waals surface area contributed by atoms with Crippen LogP contribution in [0.25, 0.3) is 6.08 Å². The predicted molar refractivity (Wildman–Crippen MR) is 119 cm³/mol. The summed E-state index contributed by atoms with van der Waals surface area (Å²) in [5, 5.41) is 5.51. The van der Waals surface area contributed by atoms with Crippen LogP contribution in [0, 0.1) is 0 Å². The summed E-state index contributed by atoms with van der Waals surface area (Å²) in [5.74, 6) is 1.04. The topological polar surface area (TPSA) is 76.7 Å². The average Bonchev–Trinajstić information content (AvgIpc) is 2.73. The van der Waals surface area contributed by atoms with E-state index in [-0.39, 0.29) is 17.9 Å². The fourth-order valence-electron chi connectivity index (χ4n) is 2.70. The molecular weight excluding hydrogens is 380 g/mol. The summed E-state index contributed by atoms with van der Waals surface area (Å²) in [5.41, 5.74) is 1.97. The summed E-state index contributed by atoms with van der Waals surface area (Å²) in [6, 6.07) is 14.5. The molecule has 2 N–H and O–H groups in total. The minimum atomic E-state index is -0.625. The van der Waals surface area contributed by atoms with Crippen LogP contribution in [0.2, 0.25) is 0 Å². The van der Waals surface area contributed by atoms with Crippen molar-refractivity contribution in [1.82, 2.24) is 10.6 Å². The zero-order valence-electron chi connectivity index (χ0n) is 18.0. The predicted octanol–water partition coefficient (Wildman–Crippen LogP) is 3.36. The fraction of sp³-hybridized carbons (Fsp3) is 0.333. The molecule has 2 rings (SSSR count). The normalized spacial score (nSPS) is 11.9. The second kappa shape index (κ2) is 11.7. The Hall–Kier alpha value is -3.28. The lowest BCUT2D eigenvalue weighted by Crippen LogP contribution is -2.44. The van der Waals surface area contributed by atoms with Crippen LogP contribution in [0.5, 0.6) is 11.5 Å². The van der Waals surface area contributed by atoms with Crippen LogP contribution < -0.4 is 20.1 Å². The highest BCUT2D eigenvalue weighted by Gasteiger charge is 2.13. The minimum Gasteiger partial charge on any atom is -0.497 e. The van der Waals surface area contributed by atoms with E-state index in [2.05, 4.69) is 10.6 Å². The minimum absolute atomic E-state index is 0.137. The van der Waals surface area contributed by atoms with Crippen LogP contribution in [0.3, 0.4) is 0 Å². The van der Waals surface area contributed by atoms with E-state index in [4.69, 9.17) is 9.47 Å². The summed E-state index contributed by atoms with van der Waals surface area (Å²) < 4.78 is 10.7. The van der Waals surface area contributed by atoms with Gasteiger partial charge < -0.3 is 20.1 Å². The largest absolute Gasteiger partial charge is 0.497 e. The molecule has 6 nitrogen and oxygen atoms in total. The number of hydrogen-bond acceptors (Lipinski definition) is 4. The van der Waals surface area contributed by atoms with Crippen LogP contribution in [-0.4, -0.2) is 37.6 Å². The van der Waals surface area contributed by atoms with Crippen molar-refractivity contribution in [1.29, 1.82) is 0 Å². The second-order valence-electron chi connectivity index (χ2n) is 7.19. The first-order chi connectivity index (χ1) is 14.4. The molecule has 0 aliphatic rings. The molecule has 0 fully saturated rings. The van der Waals surface area contributed by atoms with Crippen LogP contribution >= 0.6 is 0 Å². The Morgan fingerprint density at radius 2 is 1.60 bits per heavy atom. The molecule has 2 amide bonds. The van der Waals surface area contributed by atoms with Crippen molar-refractivity contribution in [3.05, 3.63) is 65.7 Å². The van der Waals surface area contributed by atoms with Crippen LogP contribution in [0.1, 0.15) is 31.9 Å². The van der Waals surface area contributed by atoms with Crippen molar-refractivity contribution in [2.45, 2.75) is 39.3 Å². The molecular formula is C24H30N2O4. The van der Waals surface area contributed by atoms with Crippen molar-refractivity contribution < 1.29 is 19.1 Å². The van der Waals surface area contributed by atoms with Gasteiger partial charge in [0.15, 0.2) is 0 Å². The number of ether oxygens (including phenoxy) is 2. The Labute approximate surface area is 178 Å². The van der Waals surface area contributed by atoms with Gasteiger partial charge in [0.1, 0.15) is 17.5 Å². The smallest absolute Gasteiger partial charge is 0.244 e. The maximum atomic E-state index is 12.2. The third-order valence-corrected chi connectivity index (χ3v) is 4.30. The summed E-state index contributed by atoms with van der Waals surface area (Å²) >= 11 is 0. The van der Waals surface area contributed by atoms with Gasteiger partial charge in [-0.25, -0.2) is 0 Å². The van der Waals surface area contributed by atoms with Gasteiger partial charge in [-0.2, -0.15) is 0 Å². The second-order valence-corrected chi connectivity index (χ2v) is 7.19. The molecule has 2 aromatic rings. The van der Waals surface area contributed by atoms with E-state index in [1.807, 2.05) is 62.4 Å². The first-order valence-electron chi connectivity index (χ1n) is 10.0. The van der Waals surface area contributed by atoms with Crippen molar-refractivity contribution in [2.75, 3.05) is 13.7 Å². The quantitative estimate of drug-likeness (QED) is 0.589. The Morgan fingerprint density at radius 1 is 0.967 bits per heavy atom. The lowest BCUT2D eigenvalue weighted by Gasteiger charge is -2.13. The molecule has 30 heavy (non-hydrogen) atoms. The highest BCUT2D eigenvalue weighted by molar-refractivity contribution is 5.95. The zero-order chi connectivity index (χ0) is 21.9. The van der Waals surface area contributed by atoms with Gasteiger partial charge >= 0.3 is 0 Å². The molecule has 1 unspecified atom stereocenters. The molecule has 0 aliphatic heterocycles. The van der Waals surface area contributed by atoms with E-state index in [0.717, 1.165) is 22.6 Å². The molecule has 0 radical (unpaired) electrons. The molecule has 0 spiro atoms. The number of amides is 2. The first kappa shape index (κ1) is 23.0. The molecule has 6 heteroatoms. The number of carbonyl (C=O) groups is 2.